The third-order valence-corrected chi connectivity index (χ3v) is 3.05. The SMILES string of the molecule is CC(O)CCCOC(=O)CCCCCCCCC(=O)O. The number of hydrogen-bond acceptors (Lipinski definition) is 4. The van der Waals surface area contributed by atoms with Gasteiger partial charge in [0.25, 0.3) is 0 Å². The summed E-state index contributed by atoms with van der Waals surface area (Å²) in [5.74, 6) is -0.898. The monoisotopic (exact) mass is 288 g/mol. The van der Waals surface area contributed by atoms with E-state index in [1.807, 2.05) is 0 Å². The number of hydrogen-bond donors (Lipinski definition) is 2. The van der Waals surface area contributed by atoms with Crippen LogP contribution in [0.25, 0.3) is 0 Å². The molecule has 118 valence electrons. The van der Waals surface area contributed by atoms with Crippen molar-refractivity contribution in [3.63, 3.8) is 0 Å². The number of unbranched alkanes of at least 4 members (excludes halogenated alkanes) is 5. The van der Waals surface area contributed by atoms with Gasteiger partial charge in [0.2, 0.25) is 0 Å². The van der Waals surface area contributed by atoms with E-state index >= 15 is 0 Å². The van der Waals surface area contributed by atoms with E-state index < -0.39 is 5.97 Å². The topological polar surface area (TPSA) is 83.8 Å². The summed E-state index contributed by atoms with van der Waals surface area (Å²) in [4.78, 5) is 21.6. The van der Waals surface area contributed by atoms with E-state index in [9.17, 15) is 9.59 Å². The van der Waals surface area contributed by atoms with E-state index in [2.05, 4.69) is 0 Å². The van der Waals surface area contributed by atoms with Crippen molar-refractivity contribution in [2.45, 2.75) is 77.2 Å². The molecular formula is C15H28O5. The minimum atomic E-state index is -0.733. The summed E-state index contributed by atoms with van der Waals surface area (Å²) in [6.07, 6.45) is 7.26. The van der Waals surface area contributed by atoms with Gasteiger partial charge in [-0.1, -0.05) is 25.7 Å². The first-order valence-corrected chi connectivity index (χ1v) is 7.58. The Kier molecular flexibility index (Phi) is 12.2. The van der Waals surface area contributed by atoms with Crippen LogP contribution in [0.3, 0.4) is 0 Å². The van der Waals surface area contributed by atoms with Gasteiger partial charge in [-0.05, 0) is 32.6 Å². The molecule has 0 saturated carbocycles. The van der Waals surface area contributed by atoms with Gasteiger partial charge in [-0.15, -0.1) is 0 Å². The van der Waals surface area contributed by atoms with Crippen LogP contribution in [0, 0.1) is 0 Å². The molecule has 0 aromatic heterocycles. The van der Waals surface area contributed by atoms with Crippen molar-refractivity contribution in [3.05, 3.63) is 0 Å². The molecule has 0 spiro atoms. The smallest absolute Gasteiger partial charge is 0.305 e. The number of carbonyl (C=O) groups is 2. The number of esters is 1. The second kappa shape index (κ2) is 12.9. The van der Waals surface area contributed by atoms with Gasteiger partial charge in [0.15, 0.2) is 0 Å². The lowest BCUT2D eigenvalue weighted by atomic mass is 10.1. The zero-order valence-electron chi connectivity index (χ0n) is 12.5. The zero-order chi connectivity index (χ0) is 15.2. The second-order valence-electron chi connectivity index (χ2n) is 5.23. The standard InChI is InChI=1S/C15H28O5/c1-13(16)9-8-12-20-15(19)11-7-5-3-2-4-6-10-14(17)18/h13,16H,2-12H2,1H3,(H,17,18). The number of carbonyl (C=O) groups excluding carboxylic acids is 1. The van der Waals surface area contributed by atoms with E-state index in [1.54, 1.807) is 6.92 Å². The molecule has 0 aromatic rings. The van der Waals surface area contributed by atoms with Gasteiger partial charge in [-0.3, -0.25) is 9.59 Å². The van der Waals surface area contributed by atoms with Crippen LogP contribution in [0.1, 0.15) is 71.1 Å². The molecule has 0 rings (SSSR count). The van der Waals surface area contributed by atoms with Crippen molar-refractivity contribution in [3.8, 4) is 0 Å². The summed E-state index contributed by atoms with van der Waals surface area (Å²) in [5.41, 5.74) is 0. The maximum Gasteiger partial charge on any atom is 0.305 e. The summed E-state index contributed by atoms with van der Waals surface area (Å²) in [5, 5.41) is 17.5. The molecule has 5 nitrogen and oxygen atoms in total. The molecule has 0 radical (unpaired) electrons. The fraction of sp³-hybridized carbons (Fsp3) is 0.867. The first-order valence-electron chi connectivity index (χ1n) is 7.58. The minimum Gasteiger partial charge on any atom is -0.481 e. The average molecular weight is 288 g/mol. The van der Waals surface area contributed by atoms with Crippen molar-refractivity contribution < 1.29 is 24.5 Å². The lowest BCUT2D eigenvalue weighted by Gasteiger charge is -2.06. The predicted molar refractivity (Wildman–Crippen MR) is 76.4 cm³/mol. The second-order valence-corrected chi connectivity index (χ2v) is 5.23. The Morgan fingerprint density at radius 2 is 1.50 bits per heavy atom. The molecule has 0 aliphatic carbocycles. The Morgan fingerprint density at radius 1 is 0.950 bits per heavy atom. The van der Waals surface area contributed by atoms with E-state index in [0.717, 1.165) is 38.5 Å². The van der Waals surface area contributed by atoms with Crippen molar-refractivity contribution in [1.29, 1.82) is 0 Å². The van der Waals surface area contributed by atoms with Gasteiger partial charge >= 0.3 is 11.9 Å². The number of aliphatic hydroxyl groups excluding tert-OH is 1. The maximum absolute atomic E-state index is 11.3. The van der Waals surface area contributed by atoms with Crippen LogP contribution >= 0.6 is 0 Å². The van der Waals surface area contributed by atoms with E-state index in [4.69, 9.17) is 14.9 Å². The van der Waals surface area contributed by atoms with Crippen LogP contribution in [-0.4, -0.2) is 34.9 Å². The first-order chi connectivity index (χ1) is 9.52. The summed E-state index contributed by atoms with van der Waals surface area (Å²) >= 11 is 0. The van der Waals surface area contributed by atoms with E-state index in [-0.39, 0.29) is 18.5 Å². The van der Waals surface area contributed by atoms with Crippen molar-refractivity contribution in [2.75, 3.05) is 6.61 Å². The normalized spacial score (nSPS) is 12.1. The first kappa shape index (κ1) is 18.9. The molecule has 1 atom stereocenters. The van der Waals surface area contributed by atoms with Crippen molar-refractivity contribution in [2.24, 2.45) is 0 Å². The zero-order valence-corrected chi connectivity index (χ0v) is 12.5. The summed E-state index contributed by atoms with van der Waals surface area (Å²) in [6.45, 7) is 2.11. The molecule has 2 N–H and O–H groups in total. The van der Waals surface area contributed by atoms with Gasteiger partial charge in [0, 0.05) is 12.8 Å². The van der Waals surface area contributed by atoms with Crippen LogP contribution in [-0.2, 0) is 14.3 Å². The highest BCUT2D eigenvalue weighted by Gasteiger charge is 2.03. The van der Waals surface area contributed by atoms with Crippen LogP contribution in [0.4, 0.5) is 0 Å². The quantitative estimate of drug-likeness (QED) is 0.402. The fourth-order valence-corrected chi connectivity index (χ4v) is 1.89. The molecule has 0 saturated heterocycles. The largest absolute Gasteiger partial charge is 0.481 e. The lowest BCUT2D eigenvalue weighted by Crippen LogP contribution is -2.08. The molecule has 0 aliphatic heterocycles. The van der Waals surface area contributed by atoms with Crippen LogP contribution in [0.2, 0.25) is 0 Å². The molecular weight excluding hydrogens is 260 g/mol. The van der Waals surface area contributed by atoms with E-state index in [1.165, 1.54) is 0 Å². The molecule has 0 aromatic carbocycles. The Hall–Kier alpha value is -1.10. The number of carboxylic acid groups (broad SMARTS) is 1. The van der Waals surface area contributed by atoms with Crippen LogP contribution in [0.5, 0.6) is 0 Å². The fourth-order valence-electron chi connectivity index (χ4n) is 1.89. The average Bonchev–Trinajstić information content (AvgIpc) is 2.37. The molecule has 0 fully saturated rings. The Morgan fingerprint density at radius 3 is 2.05 bits per heavy atom. The van der Waals surface area contributed by atoms with Gasteiger partial charge < -0.3 is 14.9 Å². The molecule has 0 amide bonds. The third-order valence-electron chi connectivity index (χ3n) is 3.05. The molecule has 1 unspecified atom stereocenters. The number of ether oxygens (including phenoxy) is 1. The summed E-state index contributed by atoms with van der Waals surface area (Å²) < 4.78 is 5.05. The molecule has 0 aliphatic rings. The van der Waals surface area contributed by atoms with Gasteiger partial charge in [0.05, 0.1) is 12.7 Å². The van der Waals surface area contributed by atoms with Gasteiger partial charge in [0.1, 0.15) is 0 Å². The van der Waals surface area contributed by atoms with Crippen LogP contribution < -0.4 is 0 Å². The lowest BCUT2D eigenvalue weighted by molar-refractivity contribution is -0.144. The predicted octanol–water partition coefficient (Wildman–Crippen LogP) is 2.90. The summed E-state index contributed by atoms with van der Waals surface area (Å²) in [6, 6.07) is 0. The van der Waals surface area contributed by atoms with Gasteiger partial charge in [-0.25, -0.2) is 0 Å². The van der Waals surface area contributed by atoms with E-state index in [0.29, 0.717) is 25.9 Å². The third kappa shape index (κ3) is 15.0. The number of aliphatic hydroxyl groups is 1. The maximum atomic E-state index is 11.3. The Bertz CT molecular complexity index is 263. The summed E-state index contributed by atoms with van der Waals surface area (Å²) in [7, 11) is 0. The number of carboxylic acids is 1. The highest BCUT2D eigenvalue weighted by Crippen LogP contribution is 2.09. The Balaban J connectivity index is 3.21. The minimum absolute atomic E-state index is 0.165. The molecule has 20 heavy (non-hydrogen) atoms. The Labute approximate surface area is 121 Å². The molecule has 0 bridgehead atoms. The van der Waals surface area contributed by atoms with Crippen molar-refractivity contribution >= 4 is 11.9 Å². The molecule has 0 heterocycles. The number of rotatable bonds is 13. The van der Waals surface area contributed by atoms with Crippen molar-refractivity contribution in [1.82, 2.24) is 0 Å². The molecule has 5 heteroatoms. The number of aliphatic carboxylic acids is 1. The van der Waals surface area contributed by atoms with Gasteiger partial charge in [-0.2, -0.15) is 0 Å². The van der Waals surface area contributed by atoms with Crippen LogP contribution in [0.15, 0.2) is 0 Å². The highest BCUT2D eigenvalue weighted by molar-refractivity contribution is 5.69. The highest BCUT2D eigenvalue weighted by atomic mass is 16.5.